The van der Waals surface area contributed by atoms with Gasteiger partial charge in [-0.15, -0.1) is 0 Å². The van der Waals surface area contributed by atoms with E-state index in [1.165, 1.54) is 5.56 Å². The molecule has 1 fully saturated rings. The second-order valence-corrected chi connectivity index (χ2v) is 6.94. The second-order valence-electron chi connectivity index (χ2n) is 6.94. The molecule has 136 valence electrons. The van der Waals surface area contributed by atoms with Crippen molar-refractivity contribution in [3.05, 3.63) is 65.0 Å². The molecule has 0 radical (unpaired) electrons. The summed E-state index contributed by atoms with van der Waals surface area (Å²) in [6.45, 7) is 5.80. The highest BCUT2D eigenvalue weighted by Gasteiger charge is 2.27. The Hall–Kier alpha value is -2.69. The average Bonchev–Trinajstić information content (AvgIpc) is 2.68. The maximum atomic E-state index is 12.7. The van der Waals surface area contributed by atoms with E-state index in [-0.39, 0.29) is 17.7 Å². The van der Waals surface area contributed by atoms with Crippen LogP contribution in [-0.2, 0) is 11.3 Å². The van der Waals surface area contributed by atoms with E-state index >= 15 is 0 Å². The fraction of sp³-hybridized carbons (Fsp3) is 0.381. The molecule has 3 rings (SSSR count). The largest absolute Gasteiger partial charge is 0.352 e. The average molecular weight is 351 g/mol. The van der Waals surface area contributed by atoms with Crippen molar-refractivity contribution in [1.82, 2.24) is 15.2 Å². The molecule has 5 heteroatoms. The van der Waals surface area contributed by atoms with E-state index in [9.17, 15) is 9.59 Å². The first-order chi connectivity index (χ1) is 12.5. The highest BCUT2D eigenvalue weighted by Crippen LogP contribution is 2.20. The molecule has 1 N–H and O–H groups in total. The number of carbonyl (C=O) groups excluding carboxylic acids is 2. The molecule has 0 atom stereocenters. The van der Waals surface area contributed by atoms with Crippen molar-refractivity contribution in [1.29, 1.82) is 0 Å². The van der Waals surface area contributed by atoms with E-state index in [0.29, 0.717) is 32.5 Å². The molecule has 5 nitrogen and oxygen atoms in total. The van der Waals surface area contributed by atoms with Gasteiger partial charge in [0.15, 0.2) is 0 Å². The molecule has 0 unspecified atom stereocenters. The zero-order chi connectivity index (χ0) is 18.5. The van der Waals surface area contributed by atoms with Gasteiger partial charge in [0.2, 0.25) is 5.91 Å². The maximum absolute atomic E-state index is 12.7. The Bertz CT molecular complexity index is 781. The Balaban J connectivity index is 1.51. The molecule has 1 aromatic heterocycles. The van der Waals surface area contributed by atoms with Crippen LogP contribution in [0.4, 0.5) is 0 Å². The minimum Gasteiger partial charge on any atom is -0.352 e. The fourth-order valence-electron chi connectivity index (χ4n) is 3.24. The molecule has 1 aliphatic rings. The second kappa shape index (κ2) is 8.13. The third-order valence-corrected chi connectivity index (χ3v) is 5.10. The number of hydrogen-bond donors (Lipinski definition) is 1. The highest BCUT2D eigenvalue weighted by molar-refractivity contribution is 5.94. The van der Waals surface area contributed by atoms with Gasteiger partial charge in [-0.1, -0.05) is 12.1 Å². The van der Waals surface area contributed by atoms with E-state index in [0.717, 1.165) is 16.7 Å². The lowest BCUT2D eigenvalue weighted by Gasteiger charge is -2.31. The van der Waals surface area contributed by atoms with Gasteiger partial charge in [0.1, 0.15) is 0 Å². The Labute approximate surface area is 154 Å². The minimum absolute atomic E-state index is 0.0320. The molecule has 1 aromatic carbocycles. The molecule has 0 spiro atoms. The smallest absolute Gasteiger partial charge is 0.253 e. The van der Waals surface area contributed by atoms with E-state index < -0.39 is 0 Å². The monoisotopic (exact) mass is 351 g/mol. The predicted molar refractivity (Wildman–Crippen MR) is 101 cm³/mol. The van der Waals surface area contributed by atoms with Crippen molar-refractivity contribution < 1.29 is 9.59 Å². The van der Waals surface area contributed by atoms with E-state index in [2.05, 4.69) is 10.3 Å². The Kier molecular flexibility index (Phi) is 5.66. The lowest BCUT2D eigenvalue weighted by atomic mass is 9.95. The third kappa shape index (κ3) is 4.28. The Morgan fingerprint density at radius 3 is 2.58 bits per heavy atom. The number of nitrogens with zero attached hydrogens (tertiary/aromatic N) is 2. The van der Waals surface area contributed by atoms with Crippen LogP contribution in [0.3, 0.4) is 0 Å². The summed E-state index contributed by atoms with van der Waals surface area (Å²) in [5.41, 5.74) is 4.03. The van der Waals surface area contributed by atoms with Gasteiger partial charge in [-0.3, -0.25) is 14.6 Å². The number of carbonyl (C=O) groups is 2. The number of piperidine rings is 1. The summed E-state index contributed by atoms with van der Waals surface area (Å²) < 4.78 is 0. The van der Waals surface area contributed by atoms with E-state index in [4.69, 9.17) is 0 Å². The molecular formula is C21H25N3O2. The Morgan fingerprint density at radius 2 is 1.92 bits per heavy atom. The van der Waals surface area contributed by atoms with Gasteiger partial charge in [-0.2, -0.15) is 0 Å². The zero-order valence-corrected chi connectivity index (χ0v) is 15.4. The predicted octanol–water partition coefficient (Wildman–Crippen LogP) is 2.87. The van der Waals surface area contributed by atoms with Crippen LogP contribution < -0.4 is 5.32 Å². The summed E-state index contributed by atoms with van der Waals surface area (Å²) >= 11 is 0. The standard InChI is InChI=1S/C21H25N3O2/c1-15-5-6-19(12-16(15)2)21(26)24-10-7-18(8-11-24)20(25)23-14-17-4-3-9-22-13-17/h3-6,9,12-13,18H,7-8,10-11,14H2,1-2H3,(H,23,25). The quantitative estimate of drug-likeness (QED) is 0.921. The molecule has 1 saturated heterocycles. The van der Waals surface area contributed by atoms with Crippen LogP contribution in [0.15, 0.2) is 42.7 Å². The van der Waals surface area contributed by atoms with Crippen molar-refractivity contribution in [3.63, 3.8) is 0 Å². The number of aryl methyl sites for hydroxylation is 2. The highest BCUT2D eigenvalue weighted by atomic mass is 16.2. The summed E-state index contributed by atoms with van der Waals surface area (Å²) in [4.78, 5) is 30.9. The molecule has 2 amide bonds. The number of pyridine rings is 1. The van der Waals surface area contributed by atoms with Gasteiger partial charge in [0.25, 0.3) is 5.91 Å². The molecule has 0 saturated carbocycles. The molecule has 26 heavy (non-hydrogen) atoms. The number of likely N-dealkylation sites (tertiary alicyclic amines) is 1. The SMILES string of the molecule is Cc1ccc(C(=O)N2CCC(C(=O)NCc3cccnc3)CC2)cc1C. The fourth-order valence-corrected chi connectivity index (χ4v) is 3.24. The zero-order valence-electron chi connectivity index (χ0n) is 15.4. The third-order valence-electron chi connectivity index (χ3n) is 5.10. The van der Waals surface area contributed by atoms with Crippen molar-refractivity contribution in [2.45, 2.75) is 33.2 Å². The van der Waals surface area contributed by atoms with Crippen LogP contribution in [0, 0.1) is 19.8 Å². The summed E-state index contributed by atoms with van der Waals surface area (Å²) in [7, 11) is 0. The van der Waals surface area contributed by atoms with Crippen LogP contribution in [0.2, 0.25) is 0 Å². The molecule has 0 bridgehead atoms. The lowest BCUT2D eigenvalue weighted by Crippen LogP contribution is -2.43. The number of amides is 2. The Morgan fingerprint density at radius 1 is 1.15 bits per heavy atom. The summed E-state index contributed by atoms with van der Waals surface area (Å²) in [6.07, 6.45) is 4.88. The van der Waals surface area contributed by atoms with Crippen LogP contribution in [-0.4, -0.2) is 34.8 Å². The molecule has 2 heterocycles. The number of benzene rings is 1. The summed E-state index contributed by atoms with van der Waals surface area (Å²) in [6, 6.07) is 9.62. The number of rotatable bonds is 4. The topological polar surface area (TPSA) is 62.3 Å². The van der Waals surface area contributed by atoms with Crippen molar-refractivity contribution >= 4 is 11.8 Å². The van der Waals surface area contributed by atoms with Gasteiger partial charge in [-0.25, -0.2) is 0 Å². The van der Waals surface area contributed by atoms with Crippen LogP contribution in [0.1, 0.15) is 39.9 Å². The van der Waals surface area contributed by atoms with Crippen molar-refractivity contribution in [2.24, 2.45) is 5.92 Å². The van der Waals surface area contributed by atoms with Gasteiger partial charge < -0.3 is 10.2 Å². The van der Waals surface area contributed by atoms with Crippen LogP contribution in [0.5, 0.6) is 0 Å². The van der Waals surface area contributed by atoms with Crippen molar-refractivity contribution in [3.8, 4) is 0 Å². The number of nitrogens with one attached hydrogen (secondary N) is 1. The molecular weight excluding hydrogens is 326 g/mol. The first-order valence-electron chi connectivity index (χ1n) is 9.08. The maximum Gasteiger partial charge on any atom is 0.253 e. The number of hydrogen-bond acceptors (Lipinski definition) is 3. The van der Waals surface area contributed by atoms with Crippen molar-refractivity contribution in [2.75, 3.05) is 13.1 Å². The summed E-state index contributed by atoms with van der Waals surface area (Å²) in [5, 5.41) is 2.98. The first kappa shape index (κ1) is 18.1. The molecule has 1 aliphatic heterocycles. The van der Waals surface area contributed by atoms with Crippen LogP contribution >= 0.6 is 0 Å². The van der Waals surface area contributed by atoms with E-state index in [1.807, 2.05) is 49.1 Å². The first-order valence-corrected chi connectivity index (χ1v) is 9.08. The minimum atomic E-state index is -0.0320. The summed E-state index contributed by atoms with van der Waals surface area (Å²) in [5.74, 6) is 0.0879. The number of aromatic nitrogens is 1. The van der Waals surface area contributed by atoms with E-state index in [1.54, 1.807) is 12.4 Å². The van der Waals surface area contributed by atoms with Gasteiger partial charge in [0, 0.05) is 43.5 Å². The van der Waals surface area contributed by atoms with Gasteiger partial charge in [-0.05, 0) is 61.6 Å². The molecule has 0 aliphatic carbocycles. The van der Waals surface area contributed by atoms with Crippen LogP contribution in [0.25, 0.3) is 0 Å². The van der Waals surface area contributed by atoms with Gasteiger partial charge >= 0.3 is 0 Å². The lowest BCUT2D eigenvalue weighted by molar-refractivity contribution is -0.126. The molecule has 2 aromatic rings. The van der Waals surface area contributed by atoms with Gasteiger partial charge in [0.05, 0.1) is 0 Å². The normalized spacial score (nSPS) is 14.9.